The van der Waals surface area contributed by atoms with Crippen molar-refractivity contribution in [3.05, 3.63) is 52.4 Å². The minimum absolute atomic E-state index is 0.0636. The number of benzene rings is 1. The summed E-state index contributed by atoms with van der Waals surface area (Å²) in [5.41, 5.74) is 0.555. The monoisotopic (exact) mass is 302 g/mol. The highest BCUT2D eigenvalue weighted by Crippen LogP contribution is 2.13. The van der Waals surface area contributed by atoms with Gasteiger partial charge in [0.15, 0.2) is 11.5 Å². The third kappa shape index (κ3) is 2.70. The molecule has 0 unspecified atom stereocenters. The van der Waals surface area contributed by atoms with Gasteiger partial charge in [-0.05, 0) is 28.1 Å². The Morgan fingerprint density at radius 1 is 1.33 bits per heavy atom. The highest BCUT2D eigenvalue weighted by molar-refractivity contribution is 9.10. The van der Waals surface area contributed by atoms with Crippen molar-refractivity contribution in [2.24, 2.45) is 0 Å². The van der Waals surface area contributed by atoms with Crippen molar-refractivity contribution in [3.63, 3.8) is 0 Å². The molecule has 0 spiro atoms. The molecule has 88 valence electrons. The molecule has 0 aliphatic carbocycles. The SMILES string of the molecule is N#Cc1nc(Br)cnc1NC(=O)c1ccccc1. The molecule has 0 radical (unpaired) electrons. The van der Waals surface area contributed by atoms with Crippen molar-refractivity contribution in [2.45, 2.75) is 0 Å². The number of carbonyl (C=O) groups is 1. The van der Waals surface area contributed by atoms with Gasteiger partial charge in [-0.3, -0.25) is 4.79 Å². The van der Waals surface area contributed by atoms with Crippen LogP contribution in [0.2, 0.25) is 0 Å². The largest absolute Gasteiger partial charge is 0.304 e. The van der Waals surface area contributed by atoms with Gasteiger partial charge >= 0.3 is 0 Å². The lowest BCUT2D eigenvalue weighted by atomic mass is 10.2. The van der Waals surface area contributed by atoms with Crippen LogP contribution in [-0.4, -0.2) is 15.9 Å². The maximum Gasteiger partial charge on any atom is 0.256 e. The van der Waals surface area contributed by atoms with Crippen LogP contribution in [0.3, 0.4) is 0 Å². The van der Waals surface area contributed by atoms with E-state index in [4.69, 9.17) is 5.26 Å². The number of nitrogens with zero attached hydrogens (tertiary/aromatic N) is 3. The van der Waals surface area contributed by atoms with E-state index in [1.54, 1.807) is 24.3 Å². The van der Waals surface area contributed by atoms with E-state index in [0.717, 1.165) is 0 Å². The van der Waals surface area contributed by atoms with E-state index in [9.17, 15) is 4.79 Å². The van der Waals surface area contributed by atoms with Gasteiger partial charge in [-0.2, -0.15) is 5.26 Å². The van der Waals surface area contributed by atoms with E-state index in [0.29, 0.717) is 10.2 Å². The van der Waals surface area contributed by atoms with Crippen molar-refractivity contribution < 1.29 is 4.79 Å². The molecule has 0 saturated heterocycles. The van der Waals surface area contributed by atoms with Gasteiger partial charge in [0.1, 0.15) is 10.7 Å². The second-order valence-corrected chi connectivity index (χ2v) is 4.13. The molecule has 1 amide bonds. The van der Waals surface area contributed by atoms with Crippen molar-refractivity contribution >= 4 is 27.7 Å². The maximum absolute atomic E-state index is 11.9. The number of aromatic nitrogens is 2. The molecular weight excluding hydrogens is 296 g/mol. The fourth-order valence-electron chi connectivity index (χ4n) is 1.31. The molecule has 1 aromatic carbocycles. The van der Waals surface area contributed by atoms with Crippen molar-refractivity contribution in [1.82, 2.24) is 9.97 Å². The molecule has 1 aromatic heterocycles. The zero-order valence-corrected chi connectivity index (χ0v) is 10.7. The highest BCUT2D eigenvalue weighted by atomic mass is 79.9. The molecule has 2 aromatic rings. The maximum atomic E-state index is 11.9. The lowest BCUT2D eigenvalue weighted by Gasteiger charge is -2.05. The van der Waals surface area contributed by atoms with Crippen molar-refractivity contribution in [3.8, 4) is 6.07 Å². The van der Waals surface area contributed by atoms with Gasteiger partial charge in [0.25, 0.3) is 5.91 Å². The molecule has 2 rings (SSSR count). The van der Waals surface area contributed by atoms with E-state index in [1.807, 2.05) is 12.1 Å². The zero-order chi connectivity index (χ0) is 13.0. The molecule has 0 atom stereocenters. The first kappa shape index (κ1) is 12.2. The molecule has 5 nitrogen and oxygen atoms in total. The number of hydrogen-bond acceptors (Lipinski definition) is 4. The molecular formula is C12H7BrN4O. The summed E-state index contributed by atoms with van der Waals surface area (Å²) in [7, 11) is 0. The Morgan fingerprint density at radius 2 is 2.06 bits per heavy atom. The minimum Gasteiger partial charge on any atom is -0.304 e. The Bertz CT molecular complexity index is 622. The average molecular weight is 303 g/mol. The van der Waals surface area contributed by atoms with Gasteiger partial charge in [0, 0.05) is 5.56 Å². The predicted octanol–water partition coefficient (Wildman–Crippen LogP) is 2.36. The van der Waals surface area contributed by atoms with Gasteiger partial charge in [0.05, 0.1) is 6.20 Å². The van der Waals surface area contributed by atoms with Gasteiger partial charge < -0.3 is 5.32 Å². The topological polar surface area (TPSA) is 78.7 Å². The summed E-state index contributed by atoms with van der Waals surface area (Å²) in [6.07, 6.45) is 1.42. The molecule has 0 aliphatic heterocycles. The molecule has 18 heavy (non-hydrogen) atoms. The van der Waals surface area contributed by atoms with Gasteiger partial charge in [-0.1, -0.05) is 18.2 Å². The third-order valence-electron chi connectivity index (χ3n) is 2.12. The zero-order valence-electron chi connectivity index (χ0n) is 9.09. The second kappa shape index (κ2) is 5.38. The number of carbonyl (C=O) groups excluding carboxylic acids is 1. The van der Waals surface area contributed by atoms with E-state index in [2.05, 4.69) is 31.2 Å². The summed E-state index contributed by atoms with van der Waals surface area (Å²) in [5.74, 6) is -0.182. The third-order valence-corrected chi connectivity index (χ3v) is 2.50. The van der Waals surface area contributed by atoms with Crippen LogP contribution >= 0.6 is 15.9 Å². The summed E-state index contributed by atoms with van der Waals surface area (Å²) < 4.78 is 0.441. The van der Waals surface area contributed by atoms with E-state index >= 15 is 0 Å². The van der Waals surface area contributed by atoms with E-state index < -0.39 is 0 Å². The Kier molecular flexibility index (Phi) is 3.65. The van der Waals surface area contributed by atoms with Crippen LogP contribution in [0.25, 0.3) is 0 Å². The number of amides is 1. The molecule has 0 bridgehead atoms. The first-order valence-corrected chi connectivity index (χ1v) is 5.79. The summed E-state index contributed by atoms with van der Waals surface area (Å²) in [6.45, 7) is 0. The van der Waals surface area contributed by atoms with Crippen LogP contribution in [0.15, 0.2) is 41.1 Å². The standard InChI is InChI=1S/C12H7BrN4O/c13-10-7-15-11(9(6-14)16-10)17-12(18)8-4-2-1-3-5-8/h1-5,7H,(H,15,17,18). The van der Waals surface area contributed by atoms with Crippen LogP contribution in [-0.2, 0) is 0 Å². The number of nitrogens with one attached hydrogen (secondary N) is 1. The second-order valence-electron chi connectivity index (χ2n) is 3.32. The minimum atomic E-state index is -0.330. The number of halogens is 1. The number of nitriles is 1. The summed E-state index contributed by atoms with van der Waals surface area (Å²) in [5, 5.41) is 11.5. The summed E-state index contributed by atoms with van der Waals surface area (Å²) in [6, 6.07) is 10.6. The number of rotatable bonds is 2. The Labute approximate surface area is 112 Å². The first-order chi connectivity index (χ1) is 8.70. The normalized spacial score (nSPS) is 9.56. The smallest absolute Gasteiger partial charge is 0.256 e. The van der Waals surface area contributed by atoms with Gasteiger partial charge in [-0.25, -0.2) is 9.97 Å². The number of hydrogen-bond donors (Lipinski definition) is 1. The molecule has 1 N–H and O–H groups in total. The van der Waals surface area contributed by atoms with E-state index in [-0.39, 0.29) is 17.4 Å². The van der Waals surface area contributed by atoms with Gasteiger partial charge in [-0.15, -0.1) is 0 Å². The average Bonchev–Trinajstić information content (AvgIpc) is 2.41. The highest BCUT2D eigenvalue weighted by Gasteiger charge is 2.11. The van der Waals surface area contributed by atoms with Crippen LogP contribution in [0.5, 0.6) is 0 Å². The summed E-state index contributed by atoms with van der Waals surface area (Å²) in [4.78, 5) is 19.7. The lowest BCUT2D eigenvalue weighted by Crippen LogP contribution is -2.14. The molecule has 0 fully saturated rings. The molecule has 0 saturated carbocycles. The first-order valence-electron chi connectivity index (χ1n) is 5.00. The van der Waals surface area contributed by atoms with Crippen LogP contribution < -0.4 is 5.32 Å². The van der Waals surface area contributed by atoms with E-state index in [1.165, 1.54) is 6.20 Å². The Hall–Kier alpha value is -2.26. The molecule has 1 heterocycles. The molecule has 0 aliphatic rings. The van der Waals surface area contributed by atoms with Crippen molar-refractivity contribution in [1.29, 1.82) is 5.26 Å². The Morgan fingerprint density at radius 3 is 2.72 bits per heavy atom. The van der Waals surface area contributed by atoms with Crippen molar-refractivity contribution in [2.75, 3.05) is 5.32 Å². The fourth-order valence-corrected chi connectivity index (χ4v) is 1.59. The van der Waals surface area contributed by atoms with Gasteiger partial charge in [0.2, 0.25) is 0 Å². The van der Waals surface area contributed by atoms with Crippen LogP contribution in [0.4, 0.5) is 5.82 Å². The fraction of sp³-hybridized carbons (Fsp3) is 0. The Balaban J connectivity index is 2.25. The summed E-state index contributed by atoms with van der Waals surface area (Å²) >= 11 is 3.11. The van der Waals surface area contributed by atoms with Crippen LogP contribution in [0.1, 0.15) is 16.1 Å². The molecule has 6 heteroatoms. The lowest BCUT2D eigenvalue weighted by molar-refractivity contribution is 0.102. The van der Waals surface area contributed by atoms with Crippen LogP contribution in [0, 0.1) is 11.3 Å². The quantitative estimate of drug-likeness (QED) is 0.923. The number of anilines is 1. The predicted molar refractivity (Wildman–Crippen MR) is 68.8 cm³/mol.